The van der Waals surface area contributed by atoms with Crippen LogP contribution in [0.15, 0.2) is 23.7 Å². The smallest absolute Gasteiger partial charge is 0.187 e. The van der Waals surface area contributed by atoms with Gasteiger partial charge in [0.2, 0.25) is 0 Å². The Hall–Kier alpha value is -1.44. The molecule has 2 aromatic rings. The van der Waals surface area contributed by atoms with Crippen LogP contribution in [0.1, 0.15) is 49.9 Å². The zero-order valence-corrected chi connectivity index (χ0v) is 16.4. The minimum absolute atomic E-state index is 0.159. The predicted molar refractivity (Wildman–Crippen MR) is 102 cm³/mol. The molecule has 0 bridgehead atoms. The van der Waals surface area contributed by atoms with E-state index in [0.717, 1.165) is 57.1 Å². The Bertz CT molecular complexity index is 724. The van der Waals surface area contributed by atoms with Gasteiger partial charge in [-0.1, -0.05) is 25.6 Å². The van der Waals surface area contributed by atoms with Crippen LogP contribution in [0, 0.1) is 0 Å². The first-order valence-electron chi connectivity index (χ1n) is 9.55. The Morgan fingerprint density at radius 1 is 1.27 bits per heavy atom. The third-order valence-electron chi connectivity index (χ3n) is 5.56. The highest BCUT2D eigenvalue weighted by atomic mass is 32.2. The van der Waals surface area contributed by atoms with Crippen molar-refractivity contribution in [3.8, 4) is 0 Å². The van der Waals surface area contributed by atoms with E-state index in [4.69, 9.17) is 4.74 Å². The van der Waals surface area contributed by atoms with E-state index in [-0.39, 0.29) is 5.60 Å². The number of nitrogens with zero attached hydrogens (tertiary/aromatic N) is 4. The monoisotopic (exact) mass is 373 g/mol. The molecule has 0 amide bonds. The maximum Gasteiger partial charge on any atom is 0.187 e. The number of nitrogens with one attached hydrogen (secondary N) is 1. The van der Waals surface area contributed by atoms with Crippen molar-refractivity contribution in [1.29, 1.82) is 0 Å². The molecule has 7 heteroatoms. The number of rotatable bonds is 5. The van der Waals surface area contributed by atoms with Gasteiger partial charge in [-0.05, 0) is 31.2 Å². The highest BCUT2D eigenvalue weighted by Crippen LogP contribution is 2.40. The minimum atomic E-state index is -0.159. The fourth-order valence-corrected chi connectivity index (χ4v) is 4.55. The number of H-pyrrole nitrogens is 1. The van der Waals surface area contributed by atoms with Crippen molar-refractivity contribution in [3.63, 3.8) is 0 Å². The summed E-state index contributed by atoms with van der Waals surface area (Å²) >= 11 is 1.75. The average Bonchev–Trinajstić information content (AvgIpc) is 3.16. The van der Waals surface area contributed by atoms with Gasteiger partial charge in [0, 0.05) is 42.8 Å². The summed E-state index contributed by atoms with van der Waals surface area (Å²) in [5, 5.41) is 8.87. The van der Waals surface area contributed by atoms with Gasteiger partial charge in [0.25, 0.3) is 0 Å². The Morgan fingerprint density at radius 3 is 2.77 bits per heavy atom. The van der Waals surface area contributed by atoms with E-state index in [9.17, 15) is 0 Å². The van der Waals surface area contributed by atoms with E-state index in [0.29, 0.717) is 5.25 Å². The van der Waals surface area contributed by atoms with Crippen molar-refractivity contribution in [3.05, 3.63) is 35.4 Å². The van der Waals surface area contributed by atoms with E-state index in [1.54, 1.807) is 11.8 Å². The first kappa shape index (κ1) is 17.9. The highest BCUT2D eigenvalue weighted by Gasteiger charge is 2.42. The molecular weight excluding hydrogens is 346 g/mol. The number of fused-ring (bicyclic) bond motifs is 2. The van der Waals surface area contributed by atoms with Gasteiger partial charge in [-0.3, -0.25) is 10.00 Å². The number of likely N-dealkylation sites (tertiary alicyclic amines) is 1. The molecule has 0 aromatic carbocycles. The van der Waals surface area contributed by atoms with Crippen LogP contribution >= 0.6 is 11.8 Å². The van der Waals surface area contributed by atoms with Gasteiger partial charge in [0.1, 0.15) is 5.60 Å². The van der Waals surface area contributed by atoms with Gasteiger partial charge in [0.15, 0.2) is 5.16 Å². The largest absolute Gasteiger partial charge is 0.368 e. The molecule has 4 rings (SSSR count). The molecule has 1 atom stereocenters. The lowest BCUT2D eigenvalue weighted by molar-refractivity contribution is -0.102. The molecule has 1 spiro atoms. The molecule has 6 nitrogen and oxygen atoms in total. The topological polar surface area (TPSA) is 66.9 Å². The van der Waals surface area contributed by atoms with Gasteiger partial charge in [0.05, 0.1) is 18.5 Å². The zero-order chi connectivity index (χ0) is 18.0. The molecule has 1 N–H and O–H groups in total. The van der Waals surface area contributed by atoms with Crippen molar-refractivity contribution in [2.75, 3.05) is 19.7 Å². The number of aromatic nitrogens is 4. The Morgan fingerprint density at radius 2 is 2.04 bits per heavy atom. The summed E-state index contributed by atoms with van der Waals surface area (Å²) in [5.41, 5.74) is 3.56. The van der Waals surface area contributed by atoms with Gasteiger partial charge < -0.3 is 4.74 Å². The Balaban J connectivity index is 1.35. The zero-order valence-electron chi connectivity index (χ0n) is 15.6. The van der Waals surface area contributed by atoms with Crippen molar-refractivity contribution in [1.82, 2.24) is 25.1 Å². The van der Waals surface area contributed by atoms with Crippen molar-refractivity contribution in [2.24, 2.45) is 0 Å². The van der Waals surface area contributed by atoms with Gasteiger partial charge in [-0.25, -0.2) is 9.97 Å². The molecule has 2 aliphatic heterocycles. The van der Waals surface area contributed by atoms with Crippen molar-refractivity contribution < 1.29 is 4.74 Å². The first-order chi connectivity index (χ1) is 12.7. The predicted octanol–water partition coefficient (Wildman–Crippen LogP) is 3.15. The Kier molecular flexibility index (Phi) is 5.29. The highest BCUT2D eigenvalue weighted by molar-refractivity contribution is 7.99. The molecule has 1 saturated heterocycles. The summed E-state index contributed by atoms with van der Waals surface area (Å²) in [5.74, 6) is 0. The number of thioether (sulfide) groups is 1. The fraction of sp³-hybridized carbons (Fsp3) is 0.632. The first-order valence-corrected chi connectivity index (χ1v) is 10.4. The molecular formula is C19H27N5OS. The number of ether oxygens (including phenoxy) is 1. The Labute approximate surface area is 159 Å². The number of aromatic amines is 1. The van der Waals surface area contributed by atoms with Crippen LogP contribution < -0.4 is 0 Å². The van der Waals surface area contributed by atoms with E-state index >= 15 is 0 Å². The van der Waals surface area contributed by atoms with Crippen LogP contribution in [0.2, 0.25) is 0 Å². The van der Waals surface area contributed by atoms with Crippen LogP contribution in [0.4, 0.5) is 0 Å². The van der Waals surface area contributed by atoms with Crippen LogP contribution in [-0.4, -0.2) is 50.0 Å². The summed E-state index contributed by atoms with van der Waals surface area (Å²) < 4.78 is 6.23. The lowest BCUT2D eigenvalue weighted by Gasteiger charge is -2.43. The number of hydrogen-bond acceptors (Lipinski definition) is 6. The van der Waals surface area contributed by atoms with Gasteiger partial charge >= 0.3 is 0 Å². The fourth-order valence-electron chi connectivity index (χ4n) is 3.80. The quantitative estimate of drug-likeness (QED) is 0.641. The van der Waals surface area contributed by atoms with Crippen LogP contribution in [0.5, 0.6) is 0 Å². The lowest BCUT2D eigenvalue weighted by Crippen LogP contribution is -2.46. The summed E-state index contributed by atoms with van der Waals surface area (Å²) in [6.45, 7) is 8.14. The second kappa shape index (κ2) is 7.66. The second-order valence-electron chi connectivity index (χ2n) is 7.35. The minimum Gasteiger partial charge on any atom is -0.368 e. The molecule has 1 fully saturated rings. The summed E-state index contributed by atoms with van der Waals surface area (Å²) in [4.78, 5) is 11.5. The average molecular weight is 374 g/mol. The maximum atomic E-state index is 6.23. The third-order valence-corrected chi connectivity index (χ3v) is 6.71. The van der Waals surface area contributed by atoms with Crippen LogP contribution in [0.25, 0.3) is 0 Å². The van der Waals surface area contributed by atoms with Gasteiger partial charge in [-0.15, -0.1) is 0 Å². The van der Waals surface area contributed by atoms with E-state index in [1.807, 2.05) is 18.6 Å². The van der Waals surface area contributed by atoms with Crippen LogP contribution in [-0.2, 0) is 23.3 Å². The molecule has 4 heterocycles. The van der Waals surface area contributed by atoms with E-state index in [2.05, 4.69) is 38.9 Å². The molecule has 140 valence electrons. The van der Waals surface area contributed by atoms with Gasteiger partial charge in [-0.2, -0.15) is 5.10 Å². The molecule has 26 heavy (non-hydrogen) atoms. The lowest BCUT2D eigenvalue weighted by atomic mass is 9.83. The number of hydrogen-bond donors (Lipinski definition) is 1. The molecule has 0 aliphatic carbocycles. The van der Waals surface area contributed by atoms with E-state index < -0.39 is 0 Å². The summed E-state index contributed by atoms with van der Waals surface area (Å²) in [7, 11) is 0. The maximum absolute atomic E-state index is 6.23. The second-order valence-corrected chi connectivity index (χ2v) is 8.76. The molecule has 2 aromatic heterocycles. The molecule has 0 saturated carbocycles. The normalized spacial score (nSPS) is 20.8. The molecule has 0 radical (unpaired) electrons. The summed E-state index contributed by atoms with van der Waals surface area (Å²) in [6, 6.07) is 0. The van der Waals surface area contributed by atoms with Crippen molar-refractivity contribution in [2.45, 2.75) is 62.1 Å². The SMILES string of the molecule is CCC(C)Sc1ncc(CN2CCC3(CC2)OCCc2cn[nH]c23)cn1. The molecule has 1 unspecified atom stereocenters. The van der Waals surface area contributed by atoms with Crippen LogP contribution in [0.3, 0.4) is 0 Å². The summed E-state index contributed by atoms with van der Waals surface area (Å²) in [6.07, 6.45) is 10.0. The third kappa shape index (κ3) is 3.66. The van der Waals surface area contributed by atoms with E-state index in [1.165, 1.54) is 16.8 Å². The molecule has 2 aliphatic rings. The van der Waals surface area contributed by atoms with Crippen molar-refractivity contribution >= 4 is 11.8 Å². The standard InChI is InChI=1S/C19H27N5OS/c1-3-14(2)26-18-20-10-15(11-21-18)13-24-7-5-19(6-8-24)17-16(4-9-25-19)12-22-23-17/h10-12,14H,3-9,13H2,1-2H3,(H,22,23). The number of piperidine rings is 1.